The number of carbonyl (C=O) groups excluding carboxylic acids is 1. The number of hydrogen-bond donors (Lipinski definition) is 6. The van der Waals surface area contributed by atoms with Crippen LogP contribution < -0.4 is 28.1 Å². The lowest BCUT2D eigenvalue weighted by Crippen LogP contribution is -2.34. The second kappa shape index (κ2) is 5.09. The summed E-state index contributed by atoms with van der Waals surface area (Å²) in [7, 11) is 0. The first kappa shape index (κ1) is 11.9. The van der Waals surface area contributed by atoms with Crippen LogP contribution in [-0.2, 0) is 4.79 Å². The Morgan fingerprint density at radius 1 is 1.50 bits per heavy atom. The number of anilines is 3. The number of nitrogens with one attached hydrogen (secondary N) is 2. The minimum Gasteiger partial charge on any atom is -0.381 e. The Bertz CT molecular complexity index is 383. The maximum Gasteiger partial charge on any atom is 0.248 e. The molecule has 1 aromatic heterocycles. The number of amides is 1. The van der Waals surface area contributed by atoms with Gasteiger partial charge in [-0.05, 0) is 0 Å². The maximum atomic E-state index is 10.6. The Balaban J connectivity index is 2.66. The summed E-state index contributed by atoms with van der Waals surface area (Å²) in [4.78, 5) is 18.1. The highest BCUT2D eigenvalue weighted by Crippen LogP contribution is 2.10. The molecule has 0 aromatic carbocycles. The molecule has 88 valence electrons. The number of rotatable bonds is 5. The minimum absolute atomic E-state index is 0.00603. The first-order valence-corrected chi connectivity index (χ1v) is 4.35. The molecule has 0 spiro atoms. The molecule has 9 nitrogen and oxygen atoms in total. The zero-order chi connectivity index (χ0) is 12.1. The molecule has 0 fully saturated rings. The van der Waals surface area contributed by atoms with Crippen molar-refractivity contribution in [2.45, 2.75) is 6.10 Å². The van der Waals surface area contributed by atoms with Gasteiger partial charge in [-0.15, -0.1) is 0 Å². The van der Waals surface area contributed by atoms with Crippen LogP contribution in [0.25, 0.3) is 0 Å². The fraction of sp³-hybridized carbons (Fsp3) is 0.286. The van der Waals surface area contributed by atoms with Gasteiger partial charge in [0, 0.05) is 6.07 Å². The molecule has 9 N–H and O–H groups in total. The molecule has 0 aliphatic heterocycles. The molecule has 0 bridgehead atoms. The molecule has 16 heavy (non-hydrogen) atoms. The van der Waals surface area contributed by atoms with E-state index < -0.39 is 12.0 Å². The molecule has 1 rings (SSSR count). The highest BCUT2D eigenvalue weighted by molar-refractivity contribution is 5.79. The summed E-state index contributed by atoms with van der Waals surface area (Å²) >= 11 is 0. The van der Waals surface area contributed by atoms with Gasteiger partial charge >= 0.3 is 0 Å². The number of hydrogen-bond acceptors (Lipinski definition) is 8. The van der Waals surface area contributed by atoms with Crippen molar-refractivity contribution < 1.29 is 9.90 Å². The molecule has 0 radical (unpaired) electrons. The van der Waals surface area contributed by atoms with Gasteiger partial charge in [0.25, 0.3) is 0 Å². The van der Waals surface area contributed by atoms with Gasteiger partial charge in [0.05, 0.1) is 6.54 Å². The van der Waals surface area contributed by atoms with Crippen molar-refractivity contribution in [2.24, 2.45) is 11.6 Å². The SMILES string of the molecule is NNc1cc(NCC(O)C(N)=O)nc(N)n1. The van der Waals surface area contributed by atoms with Gasteiger partial charge in [-0.1, -0.05) is 0 Å². The van der Waals surface area contributed by atoms with Crippen molar-refractivity contribution in [2.75, 3.05) is 23.0 Å². The molecule has 1 amide bonds. The van der Waals surface area contributed by atoms with E-state index in [1.165, 1.54) is 6.07 Å². The Morgan fingerprint density at radius 3 is 2.69 bits per heavy atom. The summed E-state index contributed by atoms with van der Waals surface area (Å²) in [6, 6.07) is 1.46. The Labute approximate surface area is 91.0 Å². The Morgan fingerprint density at radius 2 is 2.12 bits per heavy atom. The Hall–Kier alpha value is -2.13. The largest absolute Gasteiger partial charge is 0.381 e. The number of primary amides is 1. The van der Waals surface area contributed by atoms with Crippen molar-refractivity contribution in [1.82, 2.24) is 9.97 Å². The molecule has 1 unspecified atom stereocenters. The minimum atomic E-state index is -1.30. The number of aromatic nitrogens is 2. The molecule has 0 saturated carbocycles. The van der Waals surface area contributed by atoms with E-state index in [9.17, 15) is 4.79 Å². The van der Waals surface area contributed by atoms with Crippen LogP contribution in [0.3, 0.4) is 0 Å². The summed E-state index contributed by atoms with van der Waals surface area (Å²) in [5, 5.41) is 11.8. The first-order valence-electron chi connectivity index (χ1n) is 4.35. The van der Waals surface area contributed by atoms with Crippen LogP contribution in [0, 0.1) is 0 Å². The fourth-order valence-corrected chi connectivity index (χ4v) is 0.932. The van der Waals surface area contributed by atoms with E-state index in [1.807, 2.05) is 0 Å². The van der Waals surface area contributed by atoms with Crippen LogP contribution >= 0.6 is 0 Å². The van der Waals surface area contributed by atoms with Crippen molar-refractivity contribution in [1.29, 1.82) is 0 Å². The maximum absolute atomic E-state index is 10.6. The molecule has 1 atom stereocenters. The van der Waals surface area contributed by atoms with E-state index in [2.05, 4.69) is 20.7 Å². The van der Waals surface area contributed by atoms with Crippen LogP contribution in [0.5, 0.6) is 0 Å². The summed E-state index contributed by atoms with van der Waals surface area (Å²) in [6.45, 7) is -0.0736. The smallest absolute Gasteiger partial charge is 0.248 e. The number of aliphatic hydroxyl groups excluding tert-OH is 1. The van der Waals surface area contributed by atoms with Crippen molar-refractivity contribution in [3.63, 3.8) is 0 Å². The quantitative estimate of drug-likeness (QED) is 0.239. The van der Waals surface area contributed by atoms with E-state index in [1.54, 1.807) is 0 Å². The number of aliphatic hydroxyl groups is 1. The summed E-state index contributed by atoms with van der Waals surface area (Å²) in [6.07, 6.45) is -1.30. The van der Waals surface area contributed by atoms with Gasteiger partial charge in [0.15, 0.2) is 0 Å². The molecular formula is C7H13N7O2. The fourth-order valence-electron chi connectivity index (χ4n) is 0.932. The summed E-state index contributed by atoms with van der Waals surface area (Å²) in [5.41, 5.74) is 12.5. The standard InChI is InChI=1S/C7H13N7O2/c8-6(16)3(15)2-11-4-1-5(14-10)13-7(9)12-4/h1,3,15H,2,10H2,(H2,8,16)(H4,9,11,12,13,14). The average molecular weight is 227 g/mol. The number of hydrazine groups is 1. The van der Waals surface area contributed by atoms with Crippen molar-refractivity contribution in [3.8, 4) is 0 Å². The third-order valence-electron chi connectivity index (χ3n) is 1.70. The van der Waals surface area contributed by atoms with Gasteiger partial charge in [-0.3, -0.25) is 4.79 Å². The molecule has 1 aromatic rings. The normalized spacial score (nSPS) is 11.9. The van der Waals surface area contributed by atoms with Gasteiger partial charge in [0.2, 0.25) is 11.9 Å². The predicted octanol–water partition coefficient (Wildman–Crippen LogP) is -2.40. The third-order valence-corrected chi connectivity index (χ3v) is 1.70. The number of nitrogens with zero attached hydrogens (tertiary/aromatic N) is 2. The molecule has 1 heterocycles. The van der Waals surface area contributed by atoms with Gasteiger partial charge in [-0.25, -0.2) is 5.84 Å². The highest BCUT2D eigenvalue weighted by atomic mass is 16.3. The van der Waals surface area contributed by atoms with Crippen LogP contribution in [0.1, 0.15) is 0 Å². The lowest BCUT2D eigenvalue weighted by molar-refractivity contribution is -0.125. The third kappa shape index (κ3) is 3.22. The van der Waals surface area contributed by atoms with E-state index >= 15 is 0 Å². The molecule has 0 saturated heterocycles. The van der Waals surface area contributed by atoms with Crippen LogP contribution in [0.4, 0.5) is 17.6 Å². The topological polar surface area (TPSA) is 165 Å². The lowest BCUT2D eigenvalue weighted by Gasteiger charge is -2.10. The lowest BCUT2D eigenvalue weighted by atomic mass is 10.3. The monoisotopic (exact) mass is 227 g/mol. The summed E-state index contributed by atoms with van der Waals surface area (Å²) in [5.74, 6) is 4.95. The van der Waals surface area contributed by atoms with E-state index in [4.69, 9.17) is 22.4 Å². The summed E-state index contributed by atoms with van der Waals surface area (Å²) < 4.78 is 0. The molecular weight excluding hydrogens is 214 g/mol. The van der Waals surface area contributed by atoms with Crippen LogP contribution in [0.2, 0.25) is 0 Å². The second-order valence-electron chi connectivity index (χ2n) is 2.94. The van der Waals surface area contributed by atoms with E-state index in [0.29, 0.717) is 11.6 Å². The van der Waals surface area contributed by atoms with E-state index in [-0.39, 0.29) is 12.5 Å². The molecule has 0 aliphatic carbocycles. The predicted molar refractivity (Wildman–Crippen MR) is 57.9 cm³/mol. The second-order valence-corrected chi connectivity index (χ2v) is 2.94. The Kier molecular flexibility index (Phi) is 3.80. The van der Waals surface area contributed by atoms with Gasteiger partial charge in [-0.2, -0.15) is 9.97 Å². The number of nitrogen functional groups attached to an aromatic ring is 2. The average Bonchev–Trinajstić information content (AvgIpc) is 2.24. The van der Waals surface area contributed by atoms with Crippen LogP contribution in [-0.4, -0.2) is 33.6 Å². The van der Waals surface area contributed by atoms with Gasteiger partial charge in [0.1, 0.15) is 17.7 Å². The zero-order valence-corrected chi connectivity index (χ0v) is 8.34. The number of carbonyl (C=O) groups is 1. The van der Waals surface area contributed by atoms with Crippen molar-refractivity contribution in [3.05, 3.63) is 6.07 Å². The highest BCUT2D eigenvalue weighted by Gasteiger charge is 2.10. The first-order chi connectivity index (χ1) is 7.52. The van der Waals surface area contributed by atoms with Crippen molar-refractivity contribution >= 4 is 23.5 Å². The zero-order valence-electron chi connectivity index (χ0n) is 8.34. The van der Waals surface area contributed by atoms with E-state index in [0.717, 1.165) is 0 Å². The number of nitrogens with two attached hydrogens (primary N) is 3. The van der Waals surface area contributed by atoms with Gasteiger partial charge < -0.3 is 27.3 Å². The van der Waals surface area contributed by atoms with Crippen LogP contribution in [0.15, 0.2) is 6.07 Å². The molecule has 0 aliphatic rings. The molecule has 9 heteroatoms.